The summed E-state index contributed by atoms with van der Waals surface area (Å²) in [7, 11) is 0. The average Bonchev–Trinajstić information content (AvgIpc) is 2.35. The van der Waals surface area contributed by atoms with Crippen LogP contribution in [0.4, 0.5) is 25.1 Å². The SMILES string of the molecule is O=C(Nc1ccc(F)c(F)c1)Nc1ccccn1. The second-order valence-corrected chi connectivity index (χ2v) is 3.42. The Labute approximate surface area is 102 Å². The number of benzene rings is 1. The Bertz CT molecular complexity index is 561. The lowest BCUT2D eigenvalue weighted by molar-refractivity contribution is 0.262. The number of rotatable bonds is 2. The molecule has 0 aliphatic rings. The number of urea groups is 1. The van der Waals surface area contributed by atoms with Crippen molar-refractivity contribution < 1.29 is 13.6 Å². The normalized spacial score (nSPS) is 9.89. The van der Waals surface area contributed by atoms with Crippen LogP contribution in [0.15, 0.2) is 42.6 Å². The molecule has 1 aromatic carbocycles. The second kappa shape index (κ2) is 5.22. The van der Waals surface area contributed by atoms with E-state index in [1.54, 1.807) is 18.2 Å². The quantitative estimate of drug-likeness (QED) is 0.859. The number of nitrogens with one attached hydrogen (secondary N) is 2. The van der Waals surface area contributed by atoms with E-state index in [2.05, 4.69) is 15.6 Å². The minimum atomic E-state index is -1.02. The van der Waals surface area contributed by atoms with Crippen LogP contribution < -0.4 is 10.6 Å². The number of carbonyl (C=O) groups is 1. The lowest BCUT2D eigenvalue weighted by Gasteiger charge is -2.06. The van der Waals surface area contributed by atoms with Crippen LogP contribution in [0.3, 0.4) is 0 Å². The first-order valence-electron chi connectivity index (χ1n) is 5.09. The fraction of sp³-hybridized carbons (Fsp3) is 0. The van der Waals surface area contributed by atoms with Crippen LogP contribution in [-0.4, -0.2) is 11.0 Å². The monoisotopic (exact) mass is 249 g/mol. The maximum Gasteiger partial charge on any atom is 0.324 e. The minimum absolute atomic E-state index is 0.155. The number of aromatic nitrogens is 1. The van der Waals surface area contributed by atoms with E-state index in [1.165, 1.54) is 12.3 Å². The van der Waals surface area contributed by atoms with E-state index in [4.69, 9.17) is 0 Å². The molecule has 1 heterocycles. The first-order chi connectivity index (χ1) is 8.65. The van der Waals surface area contributed by atoms with Gasteiger partial charge in [0, 0.05) is 18.0 Å². The van der Waals surface area contributed by atoms with Gasteiger partial charge in [-0.1, -0.05) is 6.07 Å². The molecule has 6 heteroatoms. The summed E-state index contributed by atoms with van der Waals surface area (Å²) < 4.78 is 25.6. The zero-order valence-corrected chi connectivity index (χ0v) is 9.15. The van der Waals surface area contributed by atoms with Gasteiger partial charge in [-0.2, -0.15) is 0 Å². The Morgan fingerprint density at radius 1 is 1.06 bits per heavy atom. The molecule has 2 N–H and O–H groups in total. The number of carbonyl (C=O) groups excluding carboxylic acids is 1. The standard InChI is InChI=1S/C12H9F2N3O/c13-9-5-4-8(7-10(9)14)16-12(18)17-11-3-1-2-6-15-11/h1-7H,(H2,15,16,17,18). The van der Waals surface area contributed by atoms with Crippen molar-refractivity contribution in [3.63, 3.8) is 0 Å². The lowest BCUT2D eigenvalue weighted by Crippen LogP contribution is -2.20. The van der Waals surface area contributed by atoms with Gasteiger partial charge >= 0.3 is 6.03 Å². The van der Waals surface area contributed by atoms with E-state index < -0.39 is 17.7 Å². The van der Waals surface area contributed by atoms with Crippen LogP contribution in [0.1, 0.15) is 0 Å². The van der Waals surface area contributed by atoms with Gasteiger partial charge in [0.15, 0.2) is 11.6 Å². The molecule has 0 atom stereocenters. The molecule has 0 fully saturated rings. The van der Waals surface area contributed by atoms with Gasteiger partial charge in [-0.25, -0.2) is 18.6 Å². The predicted molar refractivity (Wildman–Crippen MR) is 63.2 cm³/mol. The first-order valence-corrected chi connectivity index (χ1v) is 5.09. The number of hydrogen-bond donors (Lipinski definition) is 2. The van der Waals surface area contributed by atoms with E-state index in [-0.39, 0.29) is 5.69 Å². The van der Waals surface area contributed by atoms with E-state index in [1.807, 2.05) is 0 Å². The highest BCUT2D eigenvalue weighted by molar-refractivity contribution is 5.99. The second-order valence-electron chi connectivity index (χ2n) is 3.42. The number of halogens is 2. The summed E-state index contributed by atoms with van der Waals surface area (Å²) in [5.74, 6) is -1.63. The Morgan fingerprint density at radius 2 is 1.89 bits per heavy atom. The first kappa shape index (κ1) is 12.0. The smallest absolute Gasteiger partial charge is 0.308 e. The Balaban J connectivity index is 2.01. The van der Waals surface area contributed by atoms with E-state index in [0.717, 1.165) is 12.1 Å². The summed E-state index contributed by atoms with van der Waals surface area (Å²) in [5.41, 5.74) is 0.155. The Hall–Kier alpha value is -2.50. The third kappa shape index (κ3) is 3.00. The molecule has 0 radical (unpaired) electrons. The van der Waals surface area contributed by atoms with Gasteiger partial charge in [-0.05, 0) is 24.3 Å². The summed E-state index contributed by atoms with van der Waals surface area (Å²) in [6.45, 7) is 0. The third-order valence-electron chi connectivity index (χ3n) is 2.08. The molecule has 0 aliphatic carbocycles. The lowest BCUT2D eigenvalue weighted by atomic mass is 10.3. The van der Waals surface area contributed by atoms with Crippen molar-refractivity contribution in [3.8, 4) is 0 Å². The van der Waals surface area contributed by atoms with Crippen LogP contribution in [0.5, 0.6) is 0 Å². The summed E-state index contributed by atoms with van der Waals surface area (Å²) >= 11 is 0. The largest absolute Gasteiger partial charge is 0.324 e. The average molecular weight is 249 g/mol. The summed E-state index contributed by atoms with van der Waals surface area (Å²) in [5, 5.41) is 4.81. The van der Waals surface area contributed by atoms with Crippen molar-refractivity contribution in [2.45, 2.75) is 0 Å². The molecule has 0 saturated carbocycles. The van der Waals surface area contributed by atoms with Crippen LogP contribution >= 0.6 is 0 Å². The molecule has 4 nitrogen and oxygen atoms in total. The van der Waals surface area contributed by atoms with Crippen LogP contribution in [0, 0.1) is 11.6 Å². The zero-order chi connectivity index (χ0) is 13.0. The summed E-state index contributed by atoms with van der Waals surface area (Å²) in [6.07, 6.45) is 1.52. The number of anilines is 2. The molecule has 0 aliphatic heterocycles. The van der Waals surface area contributed by atoms with Crippen LogP contribution in [0.25, 0.3) is 0 Å². The molecule has 2 aromatic rings. The predicted octanol–water partition coefficient (Wildman–Crippen LogP) is 3.00. The molecule has 2 rings (SSSR count). The van der Waals surface area contributed by atoms with Gasteiger partial charge in [0.05, 0.1) is 0 Å². The van der Waals surface area contributed by atoms with Gasteiger partial charge in [-0.15, -0.1) is 0 Å². The number of nitrogens with zero attached hydrogens (tertiary/aromatic N) is 1. The molecule has 2 amide bonds. The molecule has 0 spiro atoms. The van der Waals surface area contributed by atoms with E-state index in [9.17, 15) is 13.6 Å². The number of pyridine rings is 1. The highest BCUT2D eigenvalue weighted by atomic mass is 19.2. The van der Waals surface area contributed by atoms with Crippen molar-refractivity contribution in [3.05, 3.63) is 54.2 Å². The highest BCUT2D eigenvalue weighted by Crippen LogP contribution is 2.13. The molecule has 0 bridgehead atoms. The Kier molecular flexibility index (Phi) is 3.47. The summed E-state index contributed by atoms with van der Waals surface area (Å²) in [6, 6.07) is 7.53. The van der Waals surface area contributed by atoms with Crippen molar-refractivity contribution in [2.24, 2.45) is 0 Å². The highest BCUT2D eigenvalue weighted by Gasteiger charge is 2.06. The van der Waals surface area contributed by atoms with Crippen molar-refractivity contribution >= 4 is 17.5 Å². The molecule has 1 aromatic heterocycles. The van der Waals surface area contributed by atoms with Gasteiger partial charge in [0.1, 0.15) is 5.82 Å². The molecule has 0 unspecified atom stereocenters. The Morgan fingerprint density at radius 3 is 2.56 bits per heavy atom. The maximum absolute atomic E-state index is 12.9. The number of amides is 2. The molecular formula is C12H9F2N3O. The van der Waals surface area contributed by atoms with Crippen molar-refractivity contribution in [1.82, 2.24) is 4.98 Å². The van der Waals surface area contributed by atoms with Gasteiger partial charge in [0.2, 0.25) is 0 Å². The summed E-state index contributed by atoms with van der Waals surface area (Å²) in [4.78, 5) is 15.4. The fourth-order valence-electron chi connectivity index (χ4n) is 1.29. The molecule has 18 heavy (non-hydrogen) atoms. The van der Waals surface area contributed by atoms with E-state index in [0.29, 0.717) is 5.82 Å². The maximum atomic E-state index is 12.9. The molecule has 0 saturated heterocycles. The van der Waals surface area contributed by atoms with Gasteiger partial charge < -0.3 is 5.32 Å². The van der Waals surface area contributed by atoms with Crippen molar-refractivity contribution in [1.29, 1.82) is 0 Å². The number of hydrogen-bond acceptors (Lipinski definition) is 2. The fourth-order valence-corrected chi connectivity index (χ4v) is 1.29. The van der Waals surface area contributed by atoms with Gasteiger partial charge in [-0.3, -0.25) is 5.32 Å². The van der Waals surface area contributed by atoms with Crippen LogP contribution in [0.2, 0.25) is 0 Å². The zero-order valence-electron chi connectivity index (χ0n) is 9.15. The molecule has 92 valence electrons. The van der Waals surface area contributed by atoms with Crippen molar-refractivity contribution in [2.75, 3.05) is 10.6 Å². The van der Waals surface area contributed by atoms with Crippen LogP contribution in [-0.2, 0) is 0 Å². The molecular weight excluding hydrogens is 240 g/mol. The van der Waals surface area contributed by atoms with Gasteiger partial charge in [0.25, 0.3) is 0 Å². The van der Waals surface area contributed by atoms with E-state index >= 15 is 0 Å². The minimum Gasteiger partial charge on any atom is -0.308 e. The third-order valence-corrected chi connectivity index (χ3v) is 2.08. The topological polar surface area (TPSA) is 54.0 Å².